The summed E-state index contributed by atoms with van der Waals surface area (Å²) in [5.74, 6) is -0.157. The molecule has 1 rings (SSSR count). The summed E-state index contributed by atoms with van der Waals surface area (Å²) < 4.78 is 40.4. The first-order chi connectivity index (χ1) is 10.3. The summed E-state index contributed by atoms with van der Waals surface area (Å²) in [5, 5.41) is 9.12. The van der Waals surface area contributed by atoms with E-state index in [1.807, 2.05) is 0 Å². The van der Waals surface area contributed by atoms with E-state index in [4.69, 9.17) is 5.11 Å². The first-order valence-electron chi connectivity index (χ1n) is 6.68. The second kappa shape index (κ2) is 8.53. The van der Waals surface area contributed by atoms with E-state index in [0.717, 1.165) is 23.5 Å². The maximum atomic E-state index is 13.4. The highest BCUT2D eigenvalue weighted by molar-refractivity contribution is 8.22. The molecule has 0 bridgehead atoms. The number of hydrogen-bond acceptors (Lipinski definition) is 3. The third-order valence-corrected chi connectivity index (χ3v) is 5.06. The second-order valence-electron chi connectivity index (χ2n) is 4.27. The Bertz CT molecular complexity index is 546. The van der Waals surface area contributed by atoms with Crippen molar-refractivity contribution >= 4 is 29.5 Å². The fourth-order valence-electron chi connectivity index (χ4n) is 1.84. The molecule has 0 unspecified atom stereocenters. The van der Waals surface area contributed by atoms with Crippen LogP contribution < -0.4 is 0 Å². The molecule has 0 aliphatic carbocycles. The molecule has 1 aromatic rings. The number of halogens is 3. The van der Waals surface area contributed by atoms with Gasteiger partial charge in [-0.1, -0.05) is 32.0 Å². The Morgan fingerprint density at radius 1 is 1.14 bits per heavy atom. The lowest BCUT2D eigenvalue weighted by atomic mass is 10.0. The topological polar surface area (TPSA) is 37.3 Å². The van der Waals surface area contributed by atoms with E-state index in [0.29, 0.717) is 11.5 Å². The van der Waals surface area contributed by atoms with E-state index < -0.39 is 24.1 Å². The van der Waals surface area contributed by atoms with Crippen molar-refractivity contribution in [2.75, 3.05) is 11.5 Å². The number of carboxylic acid groups (broad SMARTS) is 1. The predicted octanol–water partition coefficient (Wildman–Crippen LogP) is 5.21. The van der Waals surface area contributed by atoms with Crippen molar-refractivity contribution in [3.05, 3.63) is 45.2 Å². The molecular formula is C15H17F3O2S2. The van der Waals surface area contributed by atoms with Gasteiger partial charge in [-0.25, -0.2) is 4.79 Å². The van der Waals surface area contributed by atoms with Gasteiger partial charge < -0.3 is 5.11 Å². The number of alkyl halides is 3. The first-order valence-corrected chi connectivity index (χ1v) is 8.65. The molecule has 2 nitrogen and oxygen atoms in total. The Morgan fingerprint density at radius 2 is 1.68 bits per heavy atom. The highest BCUT2D eigenvalue weighted by Gasteiger charge is 2.37. The van der Waals surface area contributed by atoms with Crippen molar-refractivity contribution in [2.24, 2.45) is 0 Å². The monoisotopic (exact) mass is 350 g/mol. The lowest BCUT2D eigenvalue weighted by Gasteiger charge is -2.18. The second-order valence-corrected chi connectivity index (χ2v) is 7.08. The van der Waals surface area contributed by atoms with Crippen molar-refractivity contribution in [1.29, 1.82) is 0 Å². The molecule has 22 heavy (non-hydrogen) atoms. The van der Waals surface area contributed by atoms with E-state index in [1.54, 1.807) is 19.9 Å². The van der Waals surface area contributed by atoms with Gasteiger partial charge in [-0.15, -0.1) is 23.5 Å². The van der Waals surface area contributed by atoms with E-state index in [2.05, 4.69) is 0 Å². The normalized spacial score (nSPS) is 11.3. The zero-order valence-electron chi connectivity index (χ0n) is 12.2. The van der Waals surface area contributed by atoms with Crippen LogP contribution in [0, 0.1) is 0 Å². The fraction of sp³-hybridized carbons (Fsp3) is 0.400. The molecule has 7 heteroatoms. The summed E-state index contributed by atoms with van der Waals surface area (Å²) in [5.41, 5.74) is -0.584. The van der Waals surface area contributed by atoms with E-state index in [1.165, 1.54) is 18.2 Å². The van der Waals surface area contributed by atoms with Gasteiger partial charge in [-0.3, -0.25) is 0 Å². The van der Waals surface area contributed by atoms with Crippen molar-refractivity contribution < 1.29 is 23.1 Å². The van der Waals surface area contributed by atoms with Gasteiger partial charge in [0.1, 0.15) is 0 Å². The van der Waals surface area contributed by atoms with E-state index in [-0.39, 0.29) is 15.4 Å². The lowest BCUT2D eigenvalue weighted by molar-refractivity contribution is -0.0931. The van der Waals surface area contributed by atoms with Gasteiger partial charge >= 0.3 is 12.1 Å². The molecule has 1 N–H and O–H groups in total. The molecule has 122 valence electrons. The number of benzene rings is 1. The molecular weight excluding hydrogens is 333 g/mol. The Labute approximate surface area is 136 Å². The number of carbonyl (C=O) groups is 1. The van der Waals surface area contributed by atoms with Crippen LogP contribution in [-0.2, 0) is 6.42 Å². The van der Waals surface area contributed by atoms with Gasteiger partial charge in [0.05, 0.1) is 11.1 Å². The quantitative estimate of drug-likeness (QED) is 0.733. The van der Waals surface area contributed by atoms with Crippen molar-refractivity contribution in [3.8, 4) is 0 Å². The number of hydrogen-bond donors (Lipinski definition) is 1. The SMILES string of the molecule is CCSC(SCC)=C(Cc1ccccc1C(=O)O)C(F)(F)F. The summed E-state index contributed by atoms with van der Waals surface area (Å²) in [6, 6.07) is 5.81. The van der Waals surface area contributed by atoms with Crippen LogP contribution in [0.5, 0.6) is 0 Å². The van der Waals surface area contributed by atoms with Crippen molar-refractivity contribution in [3.63, 3.8) is 0 Å². The molecule has 0 saturated carbocycles. The average molecular weight is 350 g/mol. The highest BCUT2D eigenvalue weighted by Crippen LogP contribution is 2.40. The Kier molecular flexibility index (Phi) is 7.35. The molecule has 0 fully saturated rings. The molecule has 0 amide bonds. The van der Waals surface area contributed by atoms with Gasteiger partial charge in [0.25, 0.3) is 0 Å². The zero-order chi connectivity index (χ0) is 16.8. The third kappa shape index (κ3) is 5.28. The Hall–Kier alpha value is -1.08. The summed E-state index contributed by atoms with van der Waals surface area (Å²) in [7, 11) is 0. The standard InChI is InChI=1S/C15H17F3O2S2/c1-3-21-14(22-4-2)12(15(16,17)18)9-10-7-5-6-8-11(10)13(19)20/h5-8H,3-4,9H2,1-2H3,(H,19,20). The molecule has 1 aromatic carbocycles. The number of carboxylic acids is 1. The number of aromatic carboxylic acids is 1. The van der Waals surface area contributed by atoms with Crippen LogP contribution in [0.15, 0.2) is 34.1 Å². The average Bonchev–Trinajstić information content (AvgIpc) is 2.43. The summed E-state index contributed by atoms with van der Waals surface area (Å²) >= 11 is 2.29. The molecule has 0 aliphatic rings. The Balaban J connectivity index is 3.31. The molecule has 0 radical (unpaired) electrons. The molecule has 0 aromatic heterocycles. The van der Waals surface area contributed by atoms with Crippen LogP contribution in [0.25, 0.3) is 0 Å². The van der Waals surface area contributed by atoms with Gasteiger partial charge in [0.15, 0.2) is 0 Å². The predicted molar refractivity (Wildman–Crippen MR) is 86.5 cm³/mol. The van der Waals surface area contributed by atoms with Gasteiger partial charge in [0, 0.05) is 10.7 Å². The van der Waals surface area contributed by atoms with Crippen LogP contribution in [0.4, 0.5) is 13.2 Å². The van der Waals surface area contributed by atoms with Crippen LogP contribution in [0.1, 0.15) is 29.8 Å². The summed E-state index contributed by atoms with van der Waals surface area (Å²) in [6.07, 6.45) is -4.91. The van der Waals surface area contributed by atoms with Gasteiger partial charge in [0.2, 0.25) is 0 Å². The van der Waals surface area contributed by atoms with E-state index in [9.17, 15) is 18.0 Å². The smallest absolute Gasteiger partial charge is 0.414 e. The van der Waals surface area contributed by atoms with Crippen molar-refractivity contribution in [1.82, 2.24) is 0 Å². The molecule has 0 atom stereocenters. The first kappa shape index (κ1) is 19.0. The number of thioether (sulfide) groups is 2. The molecule has 0 aliphatic heterocycles. The minimum Gasteiger partial charge on any atom is -0.478 e. The minimum absolute atomic E-state index is 0.0911. The Morgan fingerprint density at radius 3 is 2.14 bits per heavy atom. The van der Waals surface area contributed by atoms with Crippen LogP contribution in [0.2, 0.25) is 0 Å². The van der Waals surface area contributed by atoms with Gasteiger partial charge in [-0.05, 0) is 23.1 Å². The van der Waals surface area contributed by atoms with Crippen LogP contribution in [-0.4, -0.2) is 28.8 Å². The minimum atomic E-state index is -4.48. The molecule has 0 heterocycles. The largest absolute Gasteiger partial charge is 0.478 e. The molecule has 0 spiro atoms. The van der Waals surface area contributed by atoms with Crippen LogP contribution in [0.3, 0.4) is 0 Å². The summed E-state index contributed by atoms with van der Waals surface area (Å²) in [6.45, 7) is 3.58. The van der Waals surface area contributed by atoms with E-state index >= 15 is 0 Å². The lowest BCUT2D eigenvalue weighted by Crippen LogP contribution is -2.17. The fourth-order valence-corrected chi connectivity index (χ4v) is 4.13. The molecule has 0 saturated heterocycles. The summed E-state index contributed by atoms with van der Waals surface area (Å²) in [4.78, 5) is 11.2. The zero-order valence-corrected chi connectivity index (χ0v) is 13.9. The number of allylic oxidation sites excluding steroid dienone is 1. The highest BCUT2D eigenvalue weighted by atomic mass is 32.2. The van der Waals surface area contributed by atoms with Crippen LogP contribution >= 0.6 is 23.5 Å². The van der Waals surface area contributed by atoms with Crippen molar-refractivity contribution in [2.45, 2.75) is 26.4 Å². The van der Waals surface area contributed by atoms with Gasteiger partial charge in [-0.2, -0.15) is 13.2 Å². The maximum absolute atomic E-state index is 13.4. The third-order valence-electron chi connectivity index (χ3n) is 2.75. The number of rotatable bonds is 7. The maximum Gasteiger partial charge on any atom is 0.414 e.